The number of ether oxygens (including phenoxy) is 1. The SMILES string of the molecule is O=C1[C@@H]2[C@@H](C(=O)N1C[C@@H]1CCCO1)[C@]1(N[C@@H]2Cc2ccc(O)c(O)c2)C(=O)Nc2ccc(Br)cc21. The first-order chi connectivity index (χ1) is 16.8. The maximum atomic E-state index is 13.8. The number of phenols is 2. The Hall–Kier alpha value is -2.95. The number of nitrogens with one attached hydrogen (secondary N) is 2. The van der Waals surface area contributed by atoms with Gasteiger partial charge in [-0.2, -0.15) is 0 Å². The monoisotopic (exact) mass is 541 g/mol. The lowest BCUT2D eigenvalue weighted by Crippen LogP contribution is -2.54. The van der Waals surface area contributed by atoms with E-state index >= 15 is 0 Å². The standard InChI is InChI=1S/C25H24BrN3O6/c26-13-4-5-16-15(10-13)25(24(34)27-16)21-20(17(28-25)8-12-3-6-18(30)19(31)9-12)22(32)29(23(21)33)11-14-2-1-7-35-14/h3-6,9-10,14,17,20-21,28,30-31H,1-2,7-8,11H2,(H,27,34)/t14-,17+,20-,21-,25-/m0/s1. The van der Waals surface area contributed by atoms with Crippen LogP contribution < -0.4 is 10.6 Å². The lowest BCUT2D eigenvalue weighted by Gasteiger charge is -2.30. The summed E-state index contributed by atoms with van der Waals surface area (Å²) in [5.74, 6) is -3.25. The van der Waals surface area contributed by atoms with E-state index < -0.39 is 23.4 Å². The number of hydrogen-bond donors (Lipinski definition) is 4. The van der Waals surface area contributed by atoms with Crippen molar-refractivity contribution in [2.75, 3.05) is 18.5 Å². The molecule has 9 nitrogen and oxygen atoms in total. The first-order valence-electron chi connectivity index (χ1n) is 11.7. The second kappa shape index (κ2) is 8.04. The molecule has 0 saturated carbocycles. The zero-order valence-corrected chi connectivity index (χ0v) is 20.2. The number of phenolic OH excluding ortho intramolecular Hbond substituents is 2. The van der Waals surface area contributed by atoms with Crippen molar-refractivity contribution in [3.63, 3.8) is 0 Å². The maximum absolute atomic E-state index is 13.8. The lowest BCUT2D eigenvalue weighted by molar-refractivity contribution is -0.144. The van der Waals surface area contributed by atoms with Crippen LogP contribution in [0.3, 0.4) is 0 Å². The number of hydrogen-bond acceptors (Lipinski definition) is 7. The van der Waals surface area contributed by atoms with Gasteiger partial charge in [-0.3, -0.25) is 24.6 Å². The van der Waals surface area contributed by atoms with Crippen LogP contribution in [0.4, 0.5) is 5.69 Å². The van der Waals surface area contributed by atoms with Crippen molar-refractivity contribution in [2.24, 2.45) is 11.8 Å². The first-order valence-corrected chi connectivity index (χ1v) is 12.5. The highest BCUT2D eigenvalue weighted by Crippen LogP contribution is 2.54. The van der Waals surface area contributed by atoms with E-state index in [1.54, 1.807) is 12.1 Å². The number of aromatic hydroxyl groups is 2. The van der Waals surface area contributed by atoms with E-state index in [4.69, 9.17) is 4.74 Å². The highest BCUT2D eigenvalue weighted by molar-refractivity contribution is 9.10. The van der Waals surface area contributed by atoms with Gasteiger partial charge >= 0.3 is 0 Å². The van der Waals surface area contributed by atoms with Crippen LogP contribution in [0, 0.1) is 11.8 Å². The van der Waals surface area contributed by atoms with Crippen LogP contribution in [0.1, 0.15) is 24.0 Å². The predicted octanol–water partition coefficient (Wildman–Crippen LogP) is 2.00. The number of anilines is 1. The van der Waals surface area contributed by atoms with Crippen molar-refractivity contribution >= 4 is 39.3 Å². The number of amides is 3. The van der Waals surface area contributed by atoms with Gasteiger partial charge in [0.25, 0.3) is 0 Å². The van der Waals surface area contributed by atoms with Crippen LogP contribution in [0.5, 0.6) is 11.5 Å². The highest BCUT2D eigenvalue weighted by Gasteiger charge is 2.70. The highest BCUT2D eigenvalue weighted by atomic mass is 79.9. The molecule has 0 unspecified atom stereocenters. The number of nitrogens with zero attached hydrogens (tertiary/aromatic N) is 1. The third-order valence-electron chi connectivity index (χ3n) is 7.67. The first kappa shape index (κ1) is 22.5. The molecular weight excluding hydrogens is 518 g/mol. The Morgan fingerprint density at radius 1 is 1.09 bits per heavy atom. The molecule has 3 saturated heterocycles. The quantitative estimate of drug-likeness (QED) is 0.344. The summed E-state index contributed by atoms with van der Waals surface area (Å²) in [5, 5.41) is 26.0. The third kappa shape index (κ3) is 3.30. The molecule has 0 aliphatic carbocycles. The Balaban J connectivity index is 1.43. The summed E-state index contributed by atoms with van der Waals surface area (Å²) in [7, 11) is 0. The molecule has 35 heavy (non-hydrogen) atoms. The predicted molar refractivity (Wildman–Crippen MR) is 128 cm³/mol. The van der Waals surface area contributed by atoms with Gasteiger partial charge in [0.1, 0.15) is 5.54 Å². The number of carbonyl (C=O) groups excluding carboxylic acids is 3. The summed E-state index contributed by atoms with van der Waals surface area (Å²) >= 11 is 3.47. The van der Waals surface area contributed by atoms with Gasteiger partial charge in [0.2, 0.25) is 17.7 Å². The van der Waals surface area contributed by atoms with Crippen molar-refractivity contribution in [2.45, 2.75) is 36.9 Å². The van der Waals surface area contributed by atoms with E-state index in [0.29, 0.717) is 23.4 Å². The summed E-state index contributed by atoms with van der Waals surface area (Å²) in [6.07, 6.45) is 1.75. The van der Waals surface area contributed by atoms with Gasteiger partial charge in [-0.15, -0.1) is 0 Å². The number of halogens is 1. The van der Waals surface area contributed by atoms with Crippen LogP contribution in [-0.4, -0.2) is 58.1 Å². The number of benzene rings is 2. The van der Waals surface area contributed by atoms with Gasteiger partial charge in [-0.1, -0.05) is 22.0 Å². The molecule has 4 aliphatic heterocycles. The zero-order valence-electron chi connectivity index (χ0n) is 18.7. The number of rotatable bonds is 4. The summed E-state index contributed by atoms with van der Waals surface area (Å²) < 4.78 is 6.45. The molecule has 4 aliphatic rings. The lowest BCUT2D eigenvalue weighted by atomic mass is 9.76. The molecule has 2 aromatic rings. The average Bonchev–Trinajstić information content (AvgIpc) is 3.56. The van der Waals surface area contributed by atoms with Crippen LogP contribution in [0.15, 0.2) is 40.9 Å². The zero-order chi connectivity index (χ0) is 24.5. The molecule has 0 radical (unpaired) electrons. The molecule has 5 atom stereocenters. The van der Waals surface area contributed by atoms with Crippen molar-refractivity contribution in [3.8, 4) is 11.5 Å². The Kier molecular flexibility index (Phi) is 5.17. The molecule has 0 bridgehead atoms. The van der Waals surface area contributed by atoms with Crippen LogP contribution in [0.2, 0.25) is 0 Å². The fourth-order valence-electron chi connectivity index (χ4n) is 6.13. The molecule has 4 heterocycles. The number of carbonyl (C=O) groups is 3. The average molecular weight is 542 g/mol. The molecule has 1 spiro atoms. The van der Waals surface area contributed by atoms with Crippen molar-refractivity contribution in [1.29, 1.82) is 0 Å². The van der Waals surface area contributed by atoms with Gasteiger partial charge in [0.15, 0.2) is 11.5 Å². The molecule has 182 valence electrons. The van der Waals surface area contributed by atoms with Gasteiger partial charge < -0.3 is 20.3 Å². The molecule has 10 heteroatoms. The smallest absolute Gasteiger partial charge is 0.250 e. The topological polar surface area (TPSA) is 128 Å². The van der Waals surface area contributed by atoms with Gasteiger partial charge in [0.05, 0.1) is 24.5 Å². The van der Waals surface area contributed by atoms with E-state index in [1.807, 2.05) is 12.1 Å². The van der Waals surface area contributed by atoms with E-state index in [9.17, 15) is 24.6 Å². The van der Waals surface area contributed by atoms with E-state index in [0.717, 1.165) is 17.3 Å². The van der Waals surface area contributed by atoms with E-state index in [2.05, 4.69) is 26.6 Å². The second-order valence-electron chi connectivity index (χ2n) is 9.66. The van der Waals surface area contributed by atoms with Crippen molar-refractivity contribution < 1.29 is 29.3 Å². The Labute approximate surface area is 209 Å². The molecule has 2 aromatic carbocycles. The fourth-order valence-corrected chi connectivity index (χ4v) is 6.49. The molecule has 3 amide bonds. The Morgan fingerprint density at radius 3 is 2.66 bits per heavy atom. The van der Waals surface area contributed by atoms with Gasteiger partial charge in [-0.25, -0.2) is 0 Å². The minimum Gasteiger partial charge on any atom is -0.504 e. The minimum atomic E-state index is -1.40. The van der Waals surface area contributed by atoms with Gasteiger partial charge in [-0.05, 0) is 55.2 Å². The summed E-state index contributed by atoms with van der Waals surface area (Å²) in [5.41, 5.74) is 0.498. The molecule has 4 N–H and O–H groups in total. The normalized spacial score (nSPS) is 31.3. The second-order valence-corrected chi connectivity index (χ2v) is 10.6. The molecular formula is C25H24BrN3O6. The Morgan fingerprint density at radius 2 is 1.91 bits per heavy atom. The van der Waals surface area contributed by atoms with E-state index in [1.165, 1.54) is 17.0 Å². The summed E-state index contributed by atoms with van der Waals surface area (Å²) in [6, 6.07) is 9.32. The molecule has 3 fully saturated rings. The maximum Gasteiger partial charge on any atom is 0.250 e. The largest absolute Gasteiger partial charge is 0.504 e. The molecule has 0 aromatic heterocycles. The summed E-state index contributed by atoms with van der Waals surface area (Å²) in [4.78, 5) is 42.4. The van der Waals surface area contributed by atoms with E-state index in [-0.39, 0.29) is 48.3 Å². The van der Waals surface area contributed by atoms with Crippen LogP contribution in [0.25, 0.3) is 0 Å². The Bertz CT molecular complexity index is 1260. The van der Waals surface area contributed by atoms with Crippen LogP contribution >= 0.6 is 15.9 Å². The van der Waals surface area contributed by atoms with Gasteiger partial charge in [0, 0.05) is 28.4 Å². The fraction of sp³-hybridized carbons (Fsp3) is 0.400. The molecule has 6 rings (SSSR count). The van der Waals surface area contributed by atoms with Crippen molar-refractivity contribution in [1.82, 2.24) is 10.2 Å². The minimum absolute atomic E-state index is 0.181. The van der Waals surface area contributed by atoms with Crippen molar-refractivity contribution in [3.05, 3.63) is 52.0 Å². The summed E-state index contributed by atoms with van der Waals surface area (Å²) in [6.45, 7) is 0.788. The number of fused-ring (bicyclic) bond motifs is 4. The number of likely N-dealkylation sites (tertiary alicyclic amines) is 1. The third-order valence-corrected chi connectivity index (χ3v) is 8.17. The van der Waals surface area contributed by atoms with Crippen LogP contribution in [-0.2, 0) is 31.1 Å². The number of imide groups is 1.